The number of hydrogen-bond donors (Lipinski definition) is 3. The molecule has 0 spiro atoms. The summed E-state index contributed by atoms with van der Waals surface area (Å²) >= 11 is 0. The van der Waals surface area contributed by atoms with Crippen molar-refractivity contribution in [2.75, 3.05) is 18.4 Å². The van der Waals surface area contributed by atoms with Gasteiger partial charge in [-0.25, -0.2) is 4.39 Å². The van der Waals surface area contributed by atoms with Gasteiger partial charge in [-0.2, -0.15) is 0 Å². The van der Waals surface area contributed by atoms with Crippen LogP contribution in [0.15, 0.2) is 24.3 Å². The summed E-state index contributed by atoms with van der Waals surface area (Å²) in [5, 5.41) is 6.23. The van der Waals surface area contributed by atoms with Gasteiger partial charge in [0.25, 0.3) is 0 Å². The Morgan fingerprint density at radius 1 is 1.56 bits per heavy atom. The summed E-state index contributed by atoms with van der Waals surface area (Å²) in [4.78, 5) is 11.8. The van der Waals surface area contributed by atoms with E-state index in [2.05, 4.69) is 10.6 Å². The predicted octanol–water partition coefficient (Wildman–Crippen LogP) is 1.09. The lowest BCUT2D eigenvalue weighted by Crippen LogP contribution is -2.61. The Balaban J connectivity index is 2.32. The number of primary amides is 1. The highest BCUT2D eigenvalue weighted by molar-refractivity contribution is 5.88. The van der Waals surface area contributed by atoms with Crippen LogP contribution in [0.2, 0.25) is 0 Å². The molecule has 5 heteroatoms. The number of benzene rings is 1. The Morgan fingerprint density at radius 3 is 2.89 bits per heavy atom. The second kappa shape index (κ2) is 4.94. The number of piperidine rings is 1. The Kier molecular flexibility index (Phi) is 3.52. The third-order valence-corrected chi connectivity index (χ3v) is 3.66. The smallest absolute Gasteiger partial charge is 0.243 e. The van der Waals surface area contributed by atoms with E-state index in [1.165, 1.54) is 6.07 Å². The van der Waals surface area contributed by atoms with Gasteiger partial charge in [0.15, 0.2) is 0 Å². The summed E-state index contributed by atoms with van der Waals surface area (Å²) in [5.74, 6) is -0.799. The Bertz CT molecular complexity index is 452. The first-order valence-electron chi connectivity index (χ1n) is 6.09. The maximum absolute atomic E-state index is 13.7. The fourth-order valence-corrected chi connectivity index (χ4v) is 2.44. The highest BCUT2D eigenvalue weighted by Gasteiger charge is 2.43. The van der Waals surface area contributed by atoms with E-state index in [1.807, 2.05) is 6.92 Å². The lowest BCUT2D eigenvalue weighted by atomic mass is 9.78. The molecule has 1 heterocycles. The summed E-state index contributed by atoms with van der Waals surface area (Å²) in [7, 11) is 0. The van der Waals surface area contributed by atoms with E-state index in [1.54, 1.807) is 18.2 Å². The van der Waals surface area contributed by atoms with Crippen molar-refractivity contribution in [3.63, 3.8) is 0 Å². The molecule has 1 fully saturated rings. The molecule has 1 aromatic carbocycles. The van der Waals surface area contributed by atoms with Gasteiger partial charge >= 0.3 is 0 Å². The van der Waals surface area contributed by atoms with Crippen LogP contribution in [-0.4, -0.2) is 24.5 Å². The molecule has 2 atom stereocenters. The zero-order valence-electron chi connectivity index (χ0n) is 10.4. The maximum Gasteiger partial charge on any atom is 0.243 e. The first-order valence-corrected chi connectivity index (χ1v) is 6.09. The number of rotatable bonds is 3. The Hall–Kier alpha value is -1.62. The number of carbonyl (C=O) groups excluding carboxylic acids is 1. The van der Waals surface area contributed by atoms with E-state index in [0.29, 0.717) is 25.2 Å². The summed E-state index contributed by atoms with van der Waals surface area (Å²) < 4.78 is 13.7. The van der Waals surface area contributed by atoms with E-state index in [4.69, 9.17) is 5.73 Å². The molecule has 2 rings (SSSR count). The molecule has 18 heavy (non-hydrogen) atoms. The molecular formula is C13H18FN3O. The fourth-order valence-electron chi connectivity index (χ4n) is 2.44. The lowest BCUT2D eigenvalue weighted by Gasteiger charge is -2.41. The normalized spacial score (nSPS) is 27.8. The third kappa shape index (κ3) is 2.18. The second-order valence-electron chi connectivity index (χ2n) is 4.80. The SMILES string of the molecule is CC1CNCCC1(Nc1ccccc1F)C(N)=O. The summed E-state index contributed by atoms with van der Waals surface area (Å²) in [6.07, 6.45) is 0.553. The van der Waals surface area contributed by atoms with Crippen molar-refractivity contribution in [2.45, 2.75) is 18.9 Å². The number of hydrogen-bond acceptors (Lipinski definition) is 3. The van der Waals surface area contributed by atoms with Gasteiger partial charge in [-0.3, -0.25) is 4.79 Å². The molecule has 1 aromatic rings. The number of nitrogens with one attached hydrogen (secondary N) is 2. The molecule has 1 aliphatic rings. The van der Waals surface area contributed by atoms with E-state index < -0.39 is 11.4 Å². The molecule has 0 radical (unpaired) electrons. The first-order chi connectivity index (χ1) is 8.56. The largest absolute Gasteiger partial charge is 0.369 e. The quantitative estimate of drug-likeness (QED) is 0.753. The highest BCUT2D eigenvalue weighted by atomic mass is 19.1. The van der Waals surface area contributed by atoms with Crippen molar-refractivity contribution < 1.29 is 9.18 Å². The standard InChI is InChI=1S/C13H18FN3O/c1-9-8-16-7-6-13(9,12(15)18)17-11-5-3-2-4-10(11)14/h2-5,9,16-17H,6-8H2,1H3,(H2,15,18). The molecule has 4 N–H and O–H groups in total. The summed E-state index contributed by atoms with van der Waals surface area (Å²) in [5.41, 5.74) is 4.98. The highest BCUT2D eigenvalue weighted by Crippen LogP contribution is 2.29. The van der Waals surface area contributed by atoms with Crippen LogP contribution in [0.25, 0.3) is 0 Å². The molecule has 98 valence electrons. The van der Waals surface area contributed by atoms with Crippen LogP contribution in [0.4, 0.5) is 10.1 Å². The van der Waals surface area contributed by atoms with E-state index >= 15 is 0 Å². The minimum absolute atomic E-state index is 0.00311. The number of nitrogens with two attached hydrogens (primary N) is 1. The van der Waals surface area contributed by atoms with E-state index in [9.17, 15) is 9.18 Å². The Morgan fingerprint density at radius 2 is 2.28 bits per heavy atom. The zero-order valence-corrected chi connectivity index (χ0v) is 10.4. The molecule has 2 unspecified atom stereocenters. The van der Waals surface area contributed by atoms with Gasteiger partial charge < -0.3 is 16.4 Å². The van der Waals surface area contributed by atoms with Crippen molar-refractivity contribution in [3.8, 4) is 0 Å². The number of anilines is 1. The van der Waals surface area contributed by atoms with Crippen LogP contribution in [0, 0.1) is 11.7 Å². The first kappa shape index (κ1) is 12.8. The van der Waals surface area contributed by atoms with Gasteiger partial charge in [-0.1, -0.05) is 19.1 Å². The van der Waals surface area contributed by atoms with Crippen molar-refractivity contribution in [1.29, 1.82) is 0 Å². The third-order valence-electron chi connectivity index (χ3n) is 3.66. The molecular weight excluding hydrogens is 233 g/mol. The minimum atomic E-state index is -0.882. The number of amides is 1. The van der Waals surface area contributed by atoms with Gasteiger partial charge in [0.2, 0.25) is 5.91 Å². The van der Waals surface area contributed by atoms with Crippen LogP contribution in [0.5, 0.6) is 0 Å². The van der Waals surface area contributed by atoms with Crippen molar-refractivity contribution in [3.05, 3.63) is 30.1 Å². The lowest BCUT2D eigenvalue weighted by molar-refractivity contribution is -0.124. The number of para-hydroxylation sites is 1. The van der Waals surface area contributed by atoms with Crippen LogP contribution >= 0.6 is 0 Å². The molecule has 0 aromatic heterocycles. The van der Waals surface area contributed by atoms with Gasteiger partial charge in [-0.05, 0) is 25.1 Å². The van der Waals surface area contributed by atoms with Crippen LogP contribution in [0.3, 0.4) is 0 Å². The molecule has 0 aliphatic carbocycles. The summed E-state index contributed by atoms with van der Waals surface area (Å²) in [6.45, 7) is 3.31. The van der Waals surface area contributed by atoms with Crippen LogP contribution in [0.1, 0.15) is 13.3 Å². The van der Waals surface area contributed by atoms with E-state index in [-0.39, 0.29) is 11.7 Å². The Labute approximate surface area is 106 Å². The predicted molar refractivity (Wildman–Crippen MR) is 68.6 cm³/mol. The topological polar surface area (TPSA) is 67.2 Å². The minimum Gasteiger partial charge on any atom is -0.369 e. The average molecular weight is 251 g/mol. The average Bonchev–Trinajstić information content (AvgIpc) is 2.34. The fraction of sp³-hybridized carbons (Fsp3) is 0.462. The van der Waals surface area contributed by atoms with Gasteiger partial charge in [0.1, 0.15) is 11.4 Å². The van der Waals surface area contributed by atoms with Crippen molar-refractivity contribution >= 4 is 11.6 Å². The van der Waals surface area contributed by atoms with Crippen molar-refractivity contribution in [1.82, 2.24) is 5.32 Å². The number of carbonyl (C=O) groups is 1. The molecule has 0 bridgehead atoms. The zero-order chi connectivity index (χ0) is 13.2. The van der Waals surface area contributed by atoms with Crippen molar-refractivity contribution in [2.24, 2.45) is 11.7 Å². The molecule has 4 nitrogen and oxygen atoms in total. The maximum atomic E-state index is 13.7. The summed E-state index contributed by atoms with van der Waals surface area (Å²) in [6, 6.07) is 6.33. The second-order valence-corrected chi connectivity index (χ2v) is 4.80. The van der Waals surface area contributed by atoms with Gasteiger partial charge in [0, 0.05) is 12.5 Å². The molecule has 1 aliphatic heterocycles. The van der Waals surface area contributed by atoms with E-state index in [0.717, 1.165) is 0 Å². The van der Waals surface area contributed by atoms with Gasteiger partial charge in [-0.15, -0.1) is 0 Å². The van der Waals surface area contributed by atoms with Crippen LogP contribution < -0.4 is 16.4 Å². The van der Waals surface area contributed by atoms with Gasteiger partial charge in [0.05, 0.1) is 5.69 Å². The van der Waals surface area contributed by atoms with Crippen LogP contribution in [-0.2, 0) is 4.79 Å². The molecule has 1 amide bonds. The monoisotopic (exact) mass is 251 g/mol. The number of halogens is 1. The molecule has 1 saturated heterocycles. The molecule has 0 saturated carbocycles.